The Kier molecular flexibility index (Phi) is 7.31. The zero-order chi connectivity index (χ0) is 29.7. The molecule has 2 aliphatic heterocycles. The van der Waals surface area contributed by atoms with Crippen LogP contribution in [0.3, 0.4) is 0 Å². The number of nitrogens with zero attached hydrogens (tertiary/aromatic N) is 1. The lowest BCUT2D eigenvalue weighted by Crippen LogP contribution is -2.39. The number of hydrogen-bond acceptors (Lipinski definition) is 3. The molecule has 12 heteroatoms. The van der Waals surface area contributed by atoms with Crippen LogP contribution in [0, 0.1) is 5.82 Å². The maximum absolute atomic E-state index is 13.8. The standard InChI is InChI=1S/C29H23F7N2O3/c1-15(18-8-20(28(31,32)33)12-21(9-18)29(34,35)36)41-24-14-38-23(27(24)16-2-5-22(30)6-3-16)10-19(11-26(38)40)17-4-7-25(39)37-13-17/h2-10,12-13,15,23-24,27H,11,14H2,1H3,(H,37,39)/t15-,23?,24?,27+/m1/s1. The number of pyridine rings is 1. The minimum Gasteiger partial charge on any atom is -0.368 e. The number of fused-ring (bicyclic) bond motifs is 1. The van der Waals surface area contributed by atoms with Gasteiger partial charge in [0.2, 0.25) is 11.5 Å². The topological polar surface area (TPSA) is 62.4 Å². The summed E-state index contributed by atoms with van der Waals surface area (Å²) < 4.78 is 101. The van der Waals surface area contributed by atoms with Crippen molar-refractivity contribution in [1.29, 1.82) is 0 Å². The van der Waals surface area contributed by atoms with Crippen LogP contribution in [0.25, 0.3) is 5.57 Å². The van der Waals surface area contributed by atoms with E-state index in [2.05, 4.69) is 4.98 Å². The first-order valence-corrected chi connectivity index (χ1v) is 12.6. The van der Waals surface area contributed by atoms with Crippen LogP contribution in [0.1, 0.15) is 53.2 Å². The first-order chi connectivity index (χ1) is 19.2. The Morgan fingerprint density at radius 1 is 0.927 bits per heavy atom. The molecule has 4 atom stereocenters. The normalized spacial score (nSPS) is 22.0. The third-order valence-electron chi connectivity index (χ3n) is 7.41. The summed E-state index contributed by atoms with van der Waals surface area (Å²) in [5.74, 6) is -1.40. The molecule has 5 nitrogen and oxygen atoms in total. The van der Waals surface area contributed by atoms with Crippen LogP contribution in [-0.4, -0.2) is 34.5 Å². The number of aromatic amines is 1. The van der Waals surface area contributed by atoms with E-state index in [4.69, 9.17) is 4.74 Å². The fourth-order valence-electron chi connectivity index (χ4n) is 5.42. The highest BCUT2D eigenvalue weighted by molar-refractivity contribution is 5.92. The summed E-state index contributed by atoms with van der Waals surface area (Å²) in [4.78, 5) is 28.8. The maximum atomic E-state index is 13.8. The van der Waals surface area contributed by atoms with Gasteiger partial charge in [-0.1, -0.05) is 18.2 Å². The van der Waals surface area contributed by atoms with Crippen molar-refractivity contribution in [2.75, 3.05) is 6.54 Å². The third-order valence-corrected chi connectivity index (χ3v) is 7.41. The van der Waals surface area contributed by atoms with E-state index in [0.29, 0.717) is 28.8 Å². The molecule has 1 fully saturated rings. The molecule has 0 spiro atoms. The molecule has 0 radical (unpaired) electrons. The number of benzene rings is 2. The Balaban J connectivity index is 1.53. The predicted octanol–water partition coefficient (Wildman–Crippen LogP) is 6.48. The van der Waals surface area contributed by atoms with E-state index in [-0.39, 0.29) is 36.1 Å². The van der Waals surface area contributed by atoms with E-state index in [9.17, 15) is 40.3 Å². The molecule has 2 unspecified atom stereocenters. The number of hydrogen-bond donors (Lipinski definition) is 1. The number of rotatable bonds is 5. The first kappa shape index (κ1) is 28.6. The second-order valence-electron chi connectivity index (χ2n) is 10.1. The van der Waals surface area contributed by atoms with E-state index >= 15 is 0 Å². The lowest BCUT2D eigenvalue weighted by Gasteiger charge is -2.31. The molecule has 3 heterocycles. The van der Waals surface area contributed by atoms with Gasteiger partial charge in [-0.05, 0) is 65.6 Å². The van der Waals surface area contributed by atoms with Crippen molar-refractivity contribution in [2.24, 2.45) is 0 Å². The van der Waals surface area contributed by atoms with Gasteiger partial charge in [-0.25, -0.2) is 4.39 Å². The van der Waals surface area contributed by atoms with E-state index in [1.54, 1.807) is 6.07 Å². The van der Waals surface area contributed by atoms with Crippen LogP contribution in [0.5, 0.6) is 0 Å². The number of H-pyrrole nitrogens is 1. The van der Waals surface area contributed by atoms with Gasteiger partial charge < -0.3 is 14.6 Å². The van der Waals surface area contributed by atoms with E-state index in [1.807, 2.05) is 6.08 Å². The van der Waals surface area contributed by atoms with Crippen LogP contribution >= 0.6 is 0 Å². The average molecular weight is 581 g/mol. The van der Waals surface area contributed by atoms with Gasteiger partial charge in [0.25, 0.3) is 0 Å². The van der Waals surface area contributed by atoms with Crippen LogP contribution in [0.2, 0.25) is 0 Å². The van der Waals surface area contributed by atoms with Crippen LogP contribution in [0.4, 0.5) is 30.7 Å². The van der Waals surface area contributed by atoms with Crippen LogP contribution < -0.4 is 5.56 Å². The largest absolute Gasteiger partial charge is 0.416 e. The highest BCUT2D eigenvalue weighted by Crippen LogP contribution is 2.44. The van der Waals surface area contributed by atoms with Crippen molar-refractivity contribution >= 4 is 11.5 Å². The van der Waals surface area contributed by atoms with E-state index in [0.717, 1.165) is 0 Å². The first-order valence-electron chi connectivity index (χ1n) is 12.6. The Hall–Kier alpha value is -3.93. The second-order valence-corrected chi connectivity index (χ2v) is 10.1. The van der Waals surface area contributed by atoms with Crippen molar-refractivity contribution in [3.05, 3.63) is 111 Å². The predicted molar refractivity (Wildman–Crippen MR) is 134 cm³/mol. The minimum absolute atomic E-state index is 0.00350. The summed E-state index contributed by atoms with van der Waals surface area (Å²) >= 11 is 0. The van der Waals surface area contributed by atoms with Crippen LogP contribution in [0.15, 0.2) is 71.7 Å². The zero-order valence-electron chi connectivity index (χ0n) is 21.4. The number of halogens is 7. The quantitative estimate of drug-likeness (QED) is 0.352. The SMILES string of the molecule is C[C@@H](OC1CN2C(=O)CC(c3ccc(=O)[nH]c3)=CC2[C@@H]1c1ccc(F)cc1)c1cc(C(F)(F)F)cc(C(F)(F)F)c1. The Morgan fingerprint density at radius 2 is 1.56 bits per heavy atom. The molecule has 216 valence electrons. The highest BCUT2D eigenvalue weighted by Gasteiger charge is 2.47. The van der Waals surface area contributed by atoms with Crippen LogP contribution in [-0.2, 0) is 21.9 Å². The molecule has 2 aromatic carbocycles. The van der Waals surface area contributed by atoms with Gasteiger partial charge in [0, 0.05) is 24.7 Å². The van der Waals surface area contributed by atoms with E-state index in [1.165, 1.54) is 48.4 Å². The number of nitrogens with one attached hydrogen (secondary N) is 1. The van der Waals surface area contributed by atoms with Gasteiger partial charge >= 0.3 is 12.4 Å². The lowest BCUT2D eigenvalue weighted by molar-refractivity contribution is -0.143. The summed E-state index contributed by atoms with van der Waals surface area (Å²) in [6, 6.07) is 9.02. The molecule has 3 aromatic rings. The summed E-state index contributed by atoms with van der Waals surface area (Å²) in [7, 11) is 0. The molecule has 1 aromatic heterocycles. The third kappa shape index (κ3) is 5.92. The van der Waals surface area contributed by atoms with E-state index < -0.39 is 53.5 Å². The number of carbonyl (C=O) groups excluding carboxylic acids is 1. The molecule has 5 rings (SSSR count). The van der Waals surface area contributed by atoms with Gasteiger partial charge in [-0.3, -0.25) is 9.59 Å². The smallest absolute Gasteiger partial charge is 0.368 e. The molecule has 1 N–H and O–H groups in total. The molecule has 2 aliphatic rings. The summed E-state index contributed by atoms with van der Waals surface area (Å²) in [5.41, 5.74) is -1.76. The fraction of sp³-hybridized carbons (Fsp3) is 0.310. The van der Waals surface area contributed by atoms with Crippen molar-refractivity contribution in [2.45, 2.75) is 49.9 Å². The Bertz CT molecular complexity index is 1490. The van der Waals surface area contributed by atoms with Crippen molar-refractivity contribution < 1.29 is 40.3 Å². The summed E-state index contributed by atoms with van der Waals surface area (Å²) in [6.07, 6.45) is -8.80. The molecule has 0 bridgehead atoms. The van der Waals surface area contributed by atoms with Gasteiger partial charge in [0.15, 0.2) is 0 Å². The molecule has 0 saturated carbocycles. The van der Waals surface area contributed by atoms with Gasteiger partial charge in [-0.2, -0.15) is 26.3 Å². The van der Waals surface area contributed by atoms with Gasteiger partial charge in [0.05, 0.1) is 35.8 Å². The van der Waals surface area contributed by atoms with Crippen molar-refractivity contribution in [3.63, 3.8) is 0 Å². The number of amides is 1. The summed E-state index contributed by atoms with van der Waals surface area (Å²) in [5, 5.41) is 0. The Labute approximate surface area is 229 Å². The molecule has 41 heavy (non-hydrogen) atoms. The number of aromatic nitrogens is 1. The molecule has 1 saturated heterocycles. The number of carbonyl (C=O) groups is 1. The molecular weight excluding hydrogens is 557 g/mol. The minimum atomic E-state index is -5.02. The lowest BCUT2D eigenvalue weighted by atomic mass is 9.86. The zero-order valence-corrected chi connectivity index (χ0v) is 21.4. The highest BCUT2D eigenvalue weighted by atomic mass is 19.4. The second kappa shape index (κ2) is 10.5. The molecule has 0 aliphatic carbocycles. The molecule has 1 amide bonds. The Morgan fingerprint density at radius 3 is 2.12 bits per heavy atom. The average Bonchev–Trinajstić information content (AvgIpc) is 3.26. The number of alkyl halides is 6. The number of ether oxygens (including phenoxy) is 1. The van der Waals surface area contributed by atoms with Gasteiger partial charge in [-0.15, -0.1) is 0 Å². The van der Waals surface area contributed by atoms with Crippen molar-refractivity contribution in [1.82, 2.24) is 9.88 Å². The van der Waals surface area contributed by atoms with Crippen molar-refractivity contribution in [3.8, 4) is 0 Å². The summed E-state index contributed by atoms with van der Waals surface area (Å²) in [6.45, 7) is 1.36. The molecular formula is C29H23F7N2O3. The maximum Gasteiger partial charge on any atom is 0.416 e. The fourth-order valence-corrected chi connectivity index (χ4v) is 5.42. The van der Waals surface area contributed by atoms with Gasteiger partial charge in [0.1, 0.15) is 5.82 Å². The monoisotopic (exact) mass is 580 g/mol.